The molecule has 66 heavy (non-hydrogen) atoms. The summed E-state index contributed by atoms with van der Waals surface area (Å²) < 4.78 is 33.4. The Balaban J connectivity index is 2.55. The van der Waals surface area contributed by atoms with Gasteiger partial charge in [-0.1, -0.05) is 150 Å². The lowest BCUT2D eigenvalue weighted by Gasteiger charge is -2.41. The van der Waals surface area contributed by atoms with E-state index in [0.29, 0.717) is 6.42 Å². The van der Waals surface area contributed by atoms with Gasteiger partial charge in [0.15, 0.2) is 6.10 Å². The van der Waals surface area contributed by atoms with Crippen LogP contribution in [-0.2, 0) is 32.7 Å². The molecule has 4 unspecified atom stereocenters. The highest BCUT2D eigenvalue weighted by molar-refractivity contribution is 7.47. The molecule has 0 spiro atoms. The van der Waals surface area contributed by atoms with Gasteiger partial charge in [0, 0.05) is 12.8 Å². The zero-order valence-electron chi connectivity index (χ0n) is 39.8. The maximum atomic E-state index is 12.8. The molecule has 0 heterocycles. The Morgan fingerprint density at radius 1 is 0.545 bits per heavy atom. The van der Waals surface area contributed by atoms with Gasteiger partial charge >= 0.3 is 19.8 Å². The maximum Gasteiger partial charge on any atom is 0.472 e. The highest BCUT2D eigenvalue weighted by atomic mass is 31.2. The van der Waals surface area contributed by atoms with Gasteiger partial charge in [-0.3, -0.25) is 18.6 Å². The van der Waals surface area contributed by atoms with Crippen molar-refractivity contribution in [2.45, 2.75) is 210 Å². The summed E-state index contributed by atoms with van der Waals surface area (Å²) in [5, 5.41) is 60.6. The van der Waals surface area contributed by atoms with Gasteiger partial charge in [-0.2, -0.15) is 0 Å². The van der Waals surface area contributed by atoms with Gasteiger partial charge in [0.2, 0.25) is 0 Å². The van der Waals surface area contributed by atoms with E-state index in [1.54, 1.807) is 12.2 Å². The quantitative estimate of drug-likeness (QED) is 0.0100. The summed E-state index contributed by atoms with van der Waals surface area (Å²) in [5.74, 6) is -1.34. The first-order chi connectivity index (χ1) is 31.8. The van der Waals surface area contributed by atoms with Crippen LogP contribution in [0.15, 0.2) is 85.1 Å². The molecule has 15 heteroatoms. The minimum Gasteiger partial charge on any atom is -0.462 e. The van der Waals surface area contributed by atoms with E-state index >= 15 is 0 Å². The van der Waals surface area contributed by atoms with E-state index in [1.165, 1.54) is 57.8 Å². The number of carbonyl (C=O) groups excluding carboxylic acids is 2. The van der Waals surface area contributed by atoms with Crippen LogP contribution in [0.2, 0.25) is 0 Å². The molecule has 1 saturated carbocycles. The summed E-state index contributed by atoms with van der Waals surface area (Å²) in [7, 11) is -5.19. The summed E-state index contributed by atoms with van der Waals surface area (Å²) in [5.41, 5.74) is 0. The second-order valence-corrected chi connectivity index (χ2v) is 18.2. The summed E-state index contributed by atoms with van der Waals surface area (Å²) in [6.45, 7) is 3.07. The Hall–Kier alpha value is -3.01. The van der Waals surface area contributed by atoms with E-state index in [2.05, 4.69) is 74.6 Å². The molecule has 0 aromatic rings. The summed E-state index contributed by atoms with van der Waals surface area (Å²) in [4.78, 5) is 35.8. The number of carbonyl (C=O) groups is 2. The summed E-state index contributed by atoms with van der Waals surface area (Å²) >= 11 is 0. The molecule has 1 aliphatic rings. The molecule has 0 radical (unpaired) electrons. The zero-order valence-corrected chi connectivity index (χ0v) is 40.7. The minimum atomic E-state index is -5.19. The minimum absolute atomic E-state index is 0.0856. The number of hydrogen-bond acceptors (Lipinski definition) is 13. The van der Waals surface area contributed by atoms with Crippen molar-refractivity contribution in [2.24, 2.45) is 0 Å². The van der Waals surface area contributed by atoms with Crippen LogP contribution in [0.4, 0.5) is 0 Å². The molecular formula is C51H85O14P. The second-order valence-electron chi connectivity index (χ2n) is 16.8. The van der Waals surface area contributed by atoms with Crippen LogP contribution in [-0.4, -0.2) is 110 Å². The number of allylic oxidation sites excluding steroid dienone is 13. The Bertz CT molecular complexity index is 1490. The van der Waals surface area contributed by atoms with Crippen molar-refractivity contribution in [3.05, 3.63) is 85.1 Å². The number of phosphoric acid groups is 1. The molecule has 1 fully saturated rings. The highest BCUT2D eigenvalue weighted by Crippen LogP contribution is 2.47. The van der Waals surface area contributed by atoms with E-state index in [4.69, 9.17) is 18.5 Å². The molecule has 9 atom stereocenters. The number of phosphoric ester groups is 1. The van der Waals surface area contributed by atoms with Crippen molar-refractivity contribution in [1.29, 1.82) is 0 Å². The molecule has 7 N–H and O–H groups in total. The number of aliphatic hydroxyl groups excluding tert-OH is 6. The summed E-state index contributed by atoms with van der Waals surface area (Å²) in [6.07, 6.45) is 35.0. The topological polar surface area (TPSA) is 230 Å². The first-order valence-corrected chi connectivity index (χ1v) is 26.0. The fourth-order valence-corrected chi connectivity index (χ4v) is 7.78. The van der Waals surface area contributed by atoms with Crippen molar-refractivity contribution in [3.8, 4) is 0 Å². The van der Waals surface area contributed by atoms with Gasteiger partial charge in [-0.05, 0) is 83.5 Å². The Labute approximate surface area is 395 Å². The number of esters is 2. The van der Waals surface area contributed by atoms with Gasteiger partial charge in [0.05, 0.1) is 12.7 Å². The molecule has 0 bridgehead atoms. The van der Waals surface area contributed by atoms with E-state index in [-0.39, 0.29) is 25.7 Å². The van der Waals surface area contributed by atoms with Crippen molar-refractivity contribution in [2.75, 3.05) is 13.2 Å². The van der Waals surface area contributed by atoms with Gasteiger partial charge in [-0.25, -0.2) is 4.57 Å². The van der Waals surface area contributed by atoms with Gasteiger partial charge < -0.3 is 45.0 Å². The third-order valence-corrected chi connectivity index (χ3v) is 11.8. The second kappa shape index (κ2) is 39.9. The number of hydrogen-bond donors (Lipinski definition) is 7. The van der Waals surface area contributed by atoms with Crippen LogP contribution in [0.25, 0.3) is 0 Å². The maximum absolute atomic E-state index is 12.8. The molecule has 0 aromatic carbocycles. The van der Waals surface area contributed by atoms with E-state index in [9.17, 15) is 49.7 Å². The Kier molecular flexibility index (Phi) is 36.9. The number of aliphatic hydroxyl groups is 6. The smallest absolute Gasteiger partial charge is 0.462 e. The van der Waals surface area contributed by atoms with Gasteiger partial charge in [-0.15, -0.1) is 0 Å². The van der Waals surface area contributed by atoms with E-state index < -0.39 is 81.8 Å². The van der Waals surface area contributed by atoms with E-state index in [0.717, 1.165) is 57.8 Å². The van der Waals surface area contributed by atoms with Crippen LogP contribution >= 0.6 is 7.82 Å². The molecule has 378 valence electrons. The molecule has 0 amide bonds. The Morgan fingerprint density at radius 3 is 1.58 bits per heavy atom. The summed E-state index contributed by atoms with van der Waals surface area (Å²) in [6, 6.07) is 0. The van der Waals surface area contributed by atoms with Crippen molar-refractivity contribution in [1.82, 2.24) is 0 Å². The standard InChI is InChI=1S/C51H85O14P/c1-3-5-7-9-11-13-15-17-18-19-20-21-22-24-26-28-30-32-34-38-44(53)62-40-43(41-63-66(60,61)65-51-49(58)47(56)46(55)48(57)50(51)59)64-45(54)39-35-37-42(52)36-33-31-29-27-25-23-16-14-12-10-8-6-4-2/h11,13,17-18,20-21,23-26,29,31,33,36,42-43,46-52,55-59H,3-10,12,14-16,19,22,27-28,30,32,34-35,37-41H2,1-2H3,(H,60,61)/b13-11-,18-17-,21-20-,25-23+,26-24-,31-29+,36-33+/t42?,43-,46?,47-,48+,49-,50-,51?/m1/s1. The van der Waals surface area contributed by atoms with Crippen LogP contribution in [0.5, 0.6) is 0 Å². The average molecular weight is 953 g/mol. The Morgan fingerprint density at radius 2 is 1.00 bits per heavy atom. The first kappa shape index (κ1) is 61.0. The zero-order chi connectivity index (χ0) is 48.7. The number of ether oxygens (including phenoxy) is 2. The molecule has 1 aliphatic carbocycles. The molecule has 14 nitrogen and oxygen atoms in total. The lowest BCUT2D eigenvalue weighted by molar-refractivity contribution is -0.220. The fourth-order valence-electron chi connectivity index (χ4n) is 6.81. The molecular weight excluding hydrogens is 868 g/mol. The predicted molar refractivity (Wildman–Crippen MR) is 259 cm³/mol. The van der Waals surface area contributed by atoms with Crippen molar-refractivity contribution in [3.63, 3.8) is 0 Å². The molecule has 0 saturated heterocycles. The lowest BCUT2D eigenvalue weighted by Crippen LogP contribution is -2.64. The van der Waals surface area contributed by atoms with Crippen LogP contribution in [0.1, 0.15) is 162 Å². The molecule has 0 aliphatic heterocycles. The normalized spacial score (nSPS) is 22.5. The van der Waals surface area contributed by atoms with Gasteiger partial charge in [0.25, 0.3) is 0 Å². The third kappa shape index (κ3) is 31.9. The van der Waals surface area contributed by atoms with Crippen molar-refractivity contribution < 1.29 is 68.2 Å². The first-order valence-electron chi connectivity index (χ1n) is 24.5. The molecule has 0 aromatic heterocycles. The number of unbranched alkanes of at least 4 members (excludes halogenated alkanes) is 12. The van der Waals surface area contributed by atoms with Crippen LogP contribution in [0.3, 0.4) is 0 Å². The lowest BCUT2D eigenvalue weighted by atomic mass is 9.85. The SMILES string of the molecule is CCCCC/C=C\C/C=C\C/C=C\C/C=C\CCCCCC(=O)OC[C@H](COP(=O)(O)OC1[C@H](O)[C@H](O)C(O)[C@H](O)[C@H]1O)OC(=O)CCCC(O)/C=C/C=C/C/C=C/CCCCCCCC. The third-order valence-electron chi connectivity index (χ3n) is 10.8. The van der Waals surface area contributed by atoms with Crippen molar-refractivity contribution >= 4 is 19.8 Å². The fraction of sp³-hybridized carbons (Fsp3) is 0.686. The average Bonchev–Trinajstić information content (AvgIpc) is 3.29. The van der Waals surface area contributed by atoms with Gasteiger partial charge in [0.1, 0.15) is 43.2 Å². The predicted octanol–water partition coefficient (Wildman–Crippen LogP) is 9.03. The largest absolute Gasteiger partial charge is 0.472 e. The molecule has 1 rings (SSSR count). The monoisotopic (exact) mass is 953 g/mol. The van der Waals surface area contributed by atoms with Crippen LogP contribution < -0.4 is 0 Å². The highest BCUT2D eigenvalue weighted by Gasteiger charge is 2.51. The number of rotatable bonds is 39. The van der Waals surface area contributed by atoms with E-state index in [1.807, 2.05) is 12.2 Å². The van der Waals surface area contributed by atoms with Crippen LogP contribution in [0, 0.1) is 0 Å².